The van der Waals surface area contributed by atoms with Crippen molar-refractivity contribution in [1.82, 2.24) is 15.3 Å². The Balaban J connectivity index is 1.84. The van der Waals surface area contributed by atoms with Crippen molar-refractivity contribution < 1.29 is 0 Å². The minimum absolute atomic E-state index is 0.505. The summed E-state index contributed by atoms with van der Waals surface area (Å²) in [4.78, 5) is 9.50. The molecule has 0 atom stereocenters. The second-order valence-corrected chi connectivity index (χ2v) is 5.75. The molecule has 0 saturated carbocycles. The zero-order valence-corrected chi connectivity index (χ0v) is 10.9. The van der Waals surface area contributed by atoms with Crippen LogP contribution in [0.15, 0.2) is 28.2 Å². The van der Waals surface area contributed by atoms with Gasteiger partial charge in [-0.05, 0) is 34.1 Å². The zero-order chi connectivity index (χ0) is 11.4. The minimum atomic E-state index is 0.505. The molecule has 6 heteroatoms. The molecule has 2 aromatic heterocycles. The number of hydrogen-bond acceptors (Lipinski definition) is 5. The van der Waals surface area contributed by atoms with Crippen molar-refractivity contribution >= 4 is 33.1 Å². The van der Waals surface area contributed by atoms with E-state index in [1.165, 1.54) is 4.88 Å². The van der Waals surface area contributed by atoms with Gasteiger partial charge in [0.25, 0.3) is 0 Å². The van der Waals surface area contributed by atoms with Gasteiger partial charge in [-0.3, -0.25) is 0 Å². The molecular weight excluding hydrogens is 288 g/mol. The predicted octanol–water partition coefficient (Wildman–Crippen LogP) is 2.17. The molecule has 0 aliphatic rings. The Hall–Kier alpha value is -0.980. The summed E-state index contributed by atoms with van der Waals surface area (Å²) in [5.74, 6) is 1.22. The maximum absolute atomic E-state index is 5.56. The van der Waals surface area contributed by atoms with E-state index < -0.39 is 0 Å². The van der Waals surface area contributed by atoms with E-state index in [1.54, 1.807) is 23.6 Å². The van der Waals surface area contributed by atoms with Gasteiger partial charge in [-0.1, -0.05) is 0 Å². The first-order valence-electron chi connectivity index (χ1n) is 4.76. The molecular formula is C10H11BrN4S. The van der Waals surface area contributed by atoms with Crippen LogP contribution in [0.1, 0.15) is 10.7 Å². The molecule has 0 bridgehead atoms. The summed E-state index contributed by atoms with van der Waals surface area (Å²) in [7, 11) is 0. The maximum atomic E-state index is 5.56. The van der Waals surface area contributed by atoms with Crippen molar-refractivity contribution in [1.29, 1.82) is 0 Å². The number of nitrogens with two attached hydrogens (primary N) is 1. The Morgan fingerprint density at radius 2 is 2.19 bits per heavy atom. The zero-order valence-electron chi connectivity index (χ0n) is 8.48. The van der Waals surface area contributed by atoms with Crippen LogP contribution in [-0.2, 0) is 13.1 Å². The molecule has 0 amide bonds. The van der Waals surface area contributed by atoms with Crippen LogP contribution in [0.25, 0.3) is 0 Å². The molecule has 0 unspecified atom stereocenters. The molecule has 3 N–H and O–H groups in total. The first kappa shape index (κ1) is 11.5. The van der Waals surface area contributed by atoms with E-state index in [0.717, 1.165) is 16.2 Å². The van der Waals surface area contributed by atoms with Crippen molar-refractivity contribution in [3.8, 4) is 0 Å². The summed E-state index contributed by atoms with van der Waals surface area (Å²) in [5.41, 5.74) is 5.56. The van der Waals surface area contributed by atoms with Gasteiger partial charge >= 0.3 is 0 Å². The number of anilines is 1. The normalized spacial score (nSPS) is 10.6. The van der Waals surface area contributed by atoms with E-state index in [4.69, 9.17) is 5.73 Å². The Labute approximate surface area is 106 Å². The molecule has 2 rings (SSSR count). The van der Waals surface area contributed by atoms with Crippen LogP contribution in [0.5, 0.6) is 0 Å². The number of hydrogen-bond donors (Lipinski definition) is 2. The first-order chi connectivity index (χ1) is 7.74. The van der Waals surface area contributed by atoms with E-state index >= 15 is 0 Å². The number of nitrogens with one attached hydrogen (secondary N) is 1. The van der Waals surface area contributed by atoms with Crippen molar-refractivity contribution in [2.24, 2.45) is 0 Å². The molecule has 16 heavy (non-hydrogen) atoms. The first-order valence-corrected chi connectivity index (χ1v) is 6.37. The Kier molecular flexibility index (Phi) is 3.87. The summed E-state index contributed by atoms with van der Waals surface area (Å²) in [6, 6.07) is 5.81. The van der Waals surface area contributed by atoms with Gasteiger partial charge in [0.2, 0.25) is 0 Å². The van der Waals surface area contributed by atoms with Crippen molar-refractivity contribution in [2.75, 3.05) is 5.73 Å². The Morgan fingerprint density at radius 3 is 2.88 bits per heavy atom. The van der Waals surface area contributed by atoms with E-state index in [1.807, 2.05) is 6.07 Å². The van der Waals surface area contributed by atoms with Crippen LogP contribution in [0.4, 0.5) is 5.82 Å². The van der Waals surface area contributed by atoms with Gasteiger partial charge in [-0.2, -0.15) is 0 Å². The highest BCUT2D eigenvalue weighted by Gasteiger charge is 1.99. The van der Waals surface area contributed by atoms with Gasteiger partial charge < -0.3 is 11.1 Å². The third-order valence-corrected chi connectivity index (χ3v) is 3.56. The second kappa shape index (κ2) is 5.38. The SMILES string of the molecule is Nc1ccnc(CNCc2ccc(Br)s2)n1. The molecule has 84 valence electrons. The summed E-state index contributed by atoms with van der Waals surface area (Å²) in [6.45, 7) is 1.44. The highest BCUT2D eigenvalue weighted by molar-refractivity contribution is 9.11. The van der Waals surface area contributed by atoms with Crippen LogP contribution >= 0.6 is 27.3 Å². The van der Waals surface area contributed by atoms with E-state index in [-0.39, 0.29) is 0 Å². The van der Waals surface area contributed by atoms with E-state index in [2.05, 4.69) is 37.3 Å². The summed E-state index contributed by atoms with van der Waals surface area (Å²) in [5, 5.41) is 3.27. The predicted molar refractivity (Wildman–Crippen MR) is 69.0 cm³/mol. The van der Waals surface area contributed by atoms with Gasteiger partial charge in [0, 0.05) is 17.6 Å². The standard InChI is InChI=1S/C10H11BrN4S/c11-8-2-1-7(16-8)5-13-6-10-14-4-3-9(12)15-10/h1-4,13H,5-6H2,(H2,12,14,15). The fourth-order valence-corrected chi connectivity index (χ4v) is 2.70. The minimum Gasteiger partial charge on any atom is -0.384 e. The molecule has 4 nitrogen and oxygen atoms in total. The molecule has 0 aliphatic carbocycles. The van der Waals surface area contributed by atoms with Gasteiger partial charge in [-0.15, -0.1) is 11.3 Å². The van der Waals surface area contributed by atoms with Gasteiger partial charge in [0.15, 0.2) is 0 Å². The molecule has 2 aromatic rings. The number of nitrogen functional groups attached to an aromatic ring is 1. The van der Waals surface area contributed by atoms with Crippen LogP contribution in [0.2, 0.25) is 0 Å². The quantitative estimate of drug-likeness (QED) is 0.908. The van der Waals surface area contributed by atoms with Gasteiger partial charge in [0.05, 0.1) is 10.3 Å². The molecule has 0 radical (unpaired) electrons. The van der Waals surface area contributed by atoms with E-state index in [9.17, 15) is 0 Å². The van der Waals surface area contributed by atoms with E-state index in [0.29, 0.717) is 12.4 Å². The lowest BCUT2D eigenvalue weighted by Gasteiger charge is -2.02. The van der Waals surface area contributed by atoms with Crippen LogP contribution < -0.4 is 11.1 Å². The highest BCUT2D eigenvalue weighted by atomic mass is 79.9. The lowest BCUT2D eigenvalue weighted by molar-refractivity contribution is 0.669. The number of halogens is 1. The third kappa shape index (κ3) is 3.26. The number of nitrogens with zero attached hydrogens (tertiary/aromatic N) is 2. The average molecular weight is 299 g/mol. The van der Waals surface area contributed by atoms with Gasteiger partial charge in [-0.25, -0.2) is 9.97 Å². The van der Waals surface area contributed by atoms with Crippen molar-refractivity contribution in [3.05, 3.63) is 38.9 Å². The molecule has 0 saturated heterocycles. The van der Waals surface area contributed by atoms with Crippen LogP contribution in [0, 0.1) is 0 Å². The number of thiophene rings is 1. The Morgan fingerprint density at radius 1 is 1.31 bits per heavy atom. The molecule has 0 spiro atoms. The molecule has 0 fully saturated rings. The van der Waals surface area contributed by atoms with Crippen molar-refractivity contribution in [2.45, 2.75) is 13.1 Å². The Bertz CT molecular complexity index is 471. The van der Waals surface area contributed by atoms with Gasteiger partial charge in [0.1, 0.15) is 11.6 Å². The molecule has 0 aromatic carbocycles. The highest BCUT2D eigenvalue weighted by Crippen LogP contribution is 2.21. The molecule has 0 aliphatic heterocycles. The topological polar surface area (TPSA) is 63.8 Å². The maximum Gasteiger partial charge on any atom is 0.144 e. The number of aromatic nitrogens is 2. The fourth-order valence-electron chi connectivity index (χ4n) is 1.24. The number of rotatable bonds is 4. The summed E-state index contributed by atoms with van der Waals surface area (Å²) in [6.07, 6.45) is 1.67. The summed E-state index contributed by atoms with van der Waals surface area (Å²) >= 11 is 5.14. The third-order valence-electron chi connectivity index (χ3n) is 1.94. The van der Waals surface area contributed by atoms with Crippen molar-refractivity contribution in [3.63, 3.8) is 0 Å². The largest absolute Gasteiger partial charge is 0.384 e. The second-order valence-electron chi connectivity index (χ2n) is 3.21. The fraction of sp³-hybridized carbons (Fsp3) is 0.200. The average Bonchev–Trinajstić information content (AvgIpc) is 2.64. The molecule has 2 heterocycles. The monoisotopic (exact) mass is 298 g/mol. The van der Waals surface area contributed by atoms with Crippen LogP contribution in [0.3, 0.4) is 0 Å². The van der Waals surface area contributed by atoms with Crippen LogP contribution in [-0.4, -0.2) is 9.97 Å². The summed E-state index contributed by atoms with van der Waals surface area (Å²) < 4.78 is 1.14. The lowest BCUT2D eigenvalue weighted by atomic mass is 10.4. The lowest BCUT2D eigenvalue weighted by Crippen LogP contribution is -2.14. The smallest absolute Gasteiger partial charge is 0.144 e.